The summed E-state index contributed by atoms with van der Waals surface area (Å²) in [4.78, 5) is 17.5. The normalized spacial score (nSPS) is 12.7. The Bertz CT molecular complexity index is 635. The van der Waals surface area contributed by atoms with Crippen molar-refractivity contribution in [2.24, 2.45) is 5.92 Å². The zero-order valence-corrected chi connectivity index (χ0v) is 13.3. The molecule has 1 atom stereocenters. The Balaban J connectivity index is 2.19. The Kier molecular flexibility index (Phi) is 4.83. The molecule has 0 spiro atoms. The maximum Gasteiger partial charge on any atom is 0.293 e. The highest BCUT2D eigenvalue weighted by Gasteiger charge is 2.12. The van der Waals surface area contributed by atoms with Crippen LogP contribution in [0.4, 0.5) is 5.82 Å². The molecule has 0 fully saturated rings. The van der Waals surface area contributed by atoms with E-state index in [-0.39, 0.29) is 11.6 Å². The predicted octanol–water partition coefficient (Wildman–Crippen LogP) is 3.79. The first-order valence-corrected chi connectivity index (χ1v) is 7.74. The van der Waals surface area contributed by atoms with Crippen LogP contribution < -0.4 is 10.9 Å². The molecular formula is C14H18ClN3OS. The Morgan fingerprint density at radius 2 is 2.15 bits per heavy atom. The molecule has 0 aliphatic heterocycles. The first kappa shape index (κ1) is 15.1. The summed E-state index contributed by atoms with van der Waals surface area (Å²) < 4.78 is 2.43. The highest BCUT2D eigenvalue weighted by molar-refractivity contribution is 7.16. The zero-order valence-electron chi connectivity index (χ0n) is 11.8. The second-order valence-electron chi connectivity index (χ2n) is 5.14. The number of rotatable bonds is 5. The molecule has 20 heavy (non-hydrogen) atoms. The molecule has 0 aromatic carbocycles. The smallest absolute Gasteiger partial charge is 0.293 e. The predicted molar refractivity (Wildman–Crippen MR) is 84.7 cm³/mol. The van der Waals surface area contributed by atoms with Crippen molar-refractivity contribution < 1.29 is 0 Å². The average Bonchev–Trinajstić information content (AvgIpc) is 2.80. The number of nitrogens with one attached hydrogen (secondary N) is 1. The number of anilines is 1. The van der Waals surface area contributed by atoms with E-state index in [1.807, 2.05) is 19.1 Å². The highest BCUT2D eigenvalue weighted by Crippen LogP contribution is 2.27. The standard InChI is InChI=1S/C14H18ClN3OS/c1-9(2)8-18-7-6-16-13(14(18)19)17-10(3)11-4-5-12(15)20-11/h4-7,9-10H,8H2,1-3H3,(H,16,17). The molecule has 4 nitrogen and oxygen atoms in total. The van der Waals surface area contributed by atoms with Gasteiger partial charge in [-0.15, -0.1) is 11.3 Å². The van der Waals surface area contributed by atoms with Gasteiger partial charge in [0.25, 0.3) is 5.56 Å². The van der Waals surface area contributed by atoms with Crippen molar-refractivity contribution in [1.82, 2.24) is 9.55 Å². The molecule has 2 aromatic heterocycles. The highest BCUT2D eigenvalue weighted by atomic mass is 35.5. The molecule has 1 unspecified atom stereocenters. The van der Waals surface area contributed by atoms with Gasteiger partial charge < -0.3 is 9.88 Å². The lowest BCUT2D eigenvalue weighted by atomic mass is 10.2. The van der Waals surface area contributed by atoms with Crippen molar-refractivity contribution in [3.8, 4) is 0 Å². The van der Waals surface area contributed by atoms with Crippen molar-refractivity contribution in [3.63, 3.8) is 0 Å². The summed E-state index contributed by atoms with van der Waals surface area (Å²) in [5, 5.41) is 3.16. The first-order chi connectivity index (χ1) is 9.47. The average molecular weight is 312 g/mol. The van der Waals surface area contributed by atoms with E-state index in [9.17, 15) is 4.79 Å². The summed E-state index contributed by atoms with van der Waals surface area (Å²) in [6.45, 7) is 6.84. The molecule has 0 aliphatic carbocycles. The van der Waals surface area contributed by atoms with Gasteiger partial charge in [-0.25, -0.2) is 4.98 Å². The van der Waals surface area contributed by atoms with Gasteiger partial charge in [-0.3, -0.25) is 4.79 Å². The quantitative estimate of drug-likeness (QED) is 0.914. The summed E-state index contributed by atoms with van der Waals surface area (Å²) in [6, 6.07) is 3.82. The third kappa shape index (κ3) is 3.61. The molecule has 0 bridgehead atoms. The number of hydrogen-bond acceptors (Lipinski definition) is 4. The Morgan fingerprint density at radius 3 is 2.75 bits per heavy atom. The van der Waals surface area contributed by atoms with Crippen molar-refractivity contribution in [2.75, 3.05) is 5.32 Å². The molecule has 0 saturated carbocycles. The van der Waals surface area contributed by atoms with E-state index in [2.05, 4.69) is 24.1 Å². The van der Waals surface area contributed by atoms with Gasteiger partial charge in [-0.2, -0.15) is 0 Å². The SMILES string of the molecule is CC(C)Cn1ccnc(NC(C)c2ccc(Cl)s2)c1=O. The molecular weight excluding hydrogens is 294 g/mol. The molecule has 6 heteroatoms. The Hall–Kier alpha value is -1.33. The summed E-state index contributed by atoms with van der Waals surface area (Å²) >= 11 is 7.43. The summed E-state index contributed by atoms with van der Waals surface area (Å²) in [6.07, 6.45) is 3.38. The Labute approximate surface area is 127 Å². The van der Waals surface area contributed by atoms with Crippen molar-refractivity contribution >= 4 is 28.8 Å². The molecule has 2 heterocycles. The molecule has 108 valence electrons. The third-order valence-corrected chi connectivity index (χ3v) is 4.26. The largest absolute Gasteiger partial charge is 0.358 e. The van der Waals surface area contributed by atoms with Crippen LogP contribution in [0.15, 0.2) is 29.3 Å². The minimum Gasteiger partial charge on any atom is -0.358 e. The number of halogens is 1. The second-order valence-corrected chi connectivity index (χ2v) is 6.88. The molecule has 0 saturated heterocycles. The van der Waals surface area contributed by atoms with Crippen LogP contribution in [0.2, 0.25) is 4.34 Å². The van der Waals surface area contributed by atoms with Crippen LogP contribution in [0.1, 0.15) is 31.7 Å². The van der Waals surface area contributed by atoms with Crippen LogP contribution in [-0.2, 0) is 6.54 Å². The fourth-order valence-corrected chi connectivity index (χ4v) is 2.98. The van der Waals surface area contributed by atoms with Crippen LogP contribution >= 0.6 is 22.9 Å². The van der Waals surface area contributed by atoms with E-state index in [1.165, 1.54) is 11.3 Å². The topological polar surface area (TPSA) is 46.9 Å². The van der Waals surface area contributed by atoms with Gasteiger partial charge in [0.2, 0.25) is 0 Å². The first-order valence-electron chi connectivity index (χ1n) is 6.54. The summed E-state index contributed by atoms with van der Waals surface area (Å²) in [5.74, 6) is 0.793. The molecule has 1 N–H and O–H groups in total. The van der Waals surface area contributed by atoms with Gasteiger partial charge in [-0.05, 0) is 25.0 Å². The molecule has 0 amide bonds. The lowest BCUT2D eigenvalue weighted by molar-refractivity contribution is 0.509. The van der Waals surface area contributed by atoms with Gasteiger partial charge >= 0.3 is 0 Å². The minimum absolute atomic E-state index is 0.00241. The number of thiophene rings is 1. The summed E-state index contributed by atoms with van der Waals surface area (Å²) in [5.41, 5.74) is -0.0873. The maximum atomic E-state index is 12.3. The van der Waals surface area contributed by atoms with E-state index < -0.39 is 0 Å². The monoisotopic (exact) mass is 311 g/mol. The van der Waals surface area contributed by atoms with E-state index >= 15 is 0 Å². The number of nitrogens with zero attached hydrogens (tertiary/aromatic N) is 2. The lowest BCUT2D eigenvalue weighted by Gasteiger charge is -2.14. The van der Waals surface area contributed by atoms with Gasteiger partial charge in [0.15, 0.2) is 5.82 Å². The van der Waals surface area contributed by atoms with Gasteiger partial charge in [0.1, 0.15) is 0 Å². The van der Waals surface area contributed by atoms with Crippen LogP contribution in [0, 0.1) is 5.92 Å². The third-order valence-electron chi connectivity index (χ3n) is 2.85. The van der Waals surface area contributed by atoms with Gasteiger partial charge in [0, 0.05) is 23.8 Å². The second kappa shape index (κ2) is 6.41. The maximum absolute atomic E-state index is 12.3. The minimum atomic E-state index is -0.0873. The summed E-state index contributed by atoms with van der Waals surface area (Å²) in [7, 11) is 0. The fraction of sp³-hybridized carbons (Fsp3) is 0.429. The van der Waals surface area contributed by atoms with Crippen LogP contribution in [0.25, 0.3) is 0 Å². The van der Waals surface area contributed by atoms with Crippen LogP contribution in [0.3, 0.4) is 0 Å². The van der Waals surface area contributed by atoms with E-state index in [0.717, 1.165) is 9.21 Å². The van der Waals surface area contributed by atoms with Crippen molar-refractivity contribution in [2.45, 2.75) is 33.4 Å². The molecule has 2 rings (SSSR count). The van der Waals surface area contributed by atoms with Crippen molar-refractivity contribution in [3.05, 3.63) is 44.1 Å². The van der Waals surface area contributed by atoms with Gasteiger partial charge in [-0.1, -0.05) is 25.4 Å². The van der Waals surface area contributed by atoms with Crippen LogP contribution in [0.5, 0.6) is 0 Å². The van der Waals surface area contributed by atoms with E-state index in [1.54, 1.807) is 17.0 Å². The molecule has 0 radical (unpaired) electrons. The molecule has 0 aliphatic rings. The van der Waals surface area contributed by atoms with Crippen molar-refractivity contribution in [1.29, 1.82) is 0 Å². The fourth-order valence-electron chi connectivity index (χ4n) is 1.92. The van der Waals surface area contributed by atoms with E-state index in [4.69, 9.17) is 11.6 Å². The van der Waals surface area contributed by atoms with Gasteiger partial charge in [0.05, 0.1) is 10.4 Å². The Morgan fingerprint density at radius 1 is 1.40 bits per heavy atom. The number of aromatic nitrogens is 2. The van der Waals surface area contributed by atoms with Crippen LogP contribution in [-0.4, -0.2) is 9.55 Å². The zero-order chi connectivity index (χ0) is 14.7. The number of hydrogen-bond donors (Lipinski definition) is 1. The van der Waals surface area contributed by atoms with E-state index in [0.29, 0.717) is 18.3 Å². The lowest BCUT2D eigenvalue weighted by Crippen LogP contribution is -2.26. The molecule has 2 aromatic rings.